The Bertz CT molecular complexity index is 747. The summed E-state index contributed by atoms with van der Waals surface area (Å²) in [4.78, 5) is 22.6. The van der Waals surface area contributed by atoms with Crippen molar-refractivity contribution in [1.29, 1.82) is 0 Å². The van der Waals surface area contributed by atoms with Gasteiger partial charge in [0, 0.05) is 12.2 Å². The van der Waals surface area contributed by atoms with Crippen LogP contribution in [0.2, 0.25) is 0 Å². The van der Waals surface area contributed by atoms with Crippen LogP contribution in [0.4, 0.5) is 0 Å². The van der Waals surface area contributed by atoms with Crippen LogP contribution in [-0.4, -0.2) is 33.2 Å². The summed E-state index contributed by atoms with van der Waals surface area (Å²) >= 11 is 0. The zero-order valence-corrected chi connectivity index (χ0v) is 13.7. The molecule has 0 aliphatic heterocycles. The van der Waals surface area contributed by atoms with E-state index in [1.54, 1.807) is 41.4 Å². The van der Waals surface area contributed by atoms with Gasteiger partial charge in [-0.05, 0) is 37.6 Å². The SMILES string of the molecule is CC(C)n1cc(C(=O)/C=C/c2cccc(OCCC(=O)O)c2)cn1. The van der Waals surface area contributed by atoms with Crippen LogP contribution in [-0.2, 0) is 4.79 Å². The topological polar surface area (TPSA) is 81.4 Å². The Labute approximate surface area is 140 Å². The number of aliphatic carboxylic acids is 1. The molecule has 2 aromatic rings. The predicted molar refractivity (Wildman–Crippen MR) is 90.2 cm³/mol. The minimum atomic E-state index is -0.904. The van der Waals surface area contributed by atoms with Crippen molar-refractivity contribution in [1.82, 2.24) is 9.78 Å². The van der Waals surface area contributed by atoms with Gasteiger partial charge >= 0.3 is 5.97 Å². The Morgan fingerprint density at radius 2 is 2.17 bits per heavy atom. The highest BCUT2D eigenvalue weighted by molar-refractivity contribution is 6.06. The number of benzene rings is 1. The van der Waals surface area contributed by atoms with Crippen molar-refractivity contribution in [3.63, 3.8) is 0 Å². The van der Waals surface area contributed by atoms with E-state index in [1.807, 2.05) is 19.9 Å². The van der Waals surface area contributed by atoms with E-state index in [4.69, 9.17) is 9.84 Å². The van der Waals surface area contributed by atoms with Crippen molar-refractivity contribution in [3.8, 4) is 5.75 Å². The molecule has 0 atom stereocenters. The number of carbonyl (C=O) groups is 2. The van der Waals surface area contributed by atoms with E-state index in [0.29, 0.717) is 11.3 Å². The maximum absolute atomic E-state index is 12.1. The largest absolute Gasteiger partial charge is 0.493 e. The molecule has 1 heterocycles. The smallest absolute Gasteiger partial charge is 0.306 e. The third-order valence-electron chi connectivity index (χ3n) is 3.29. The summed E-state index contributed by atoms with van der Waals surface area (Å²) in [6.45, 7) is 4.09. The van der Waals surface area contributed by atoms with Crippen molar-refractivity contribution in [2.24, 2.45) is 0 Å². The van der Waals surface area contributed by atoms with Crippen LogP contribution in [0, 0.1) is 0 Å². The summed E-state index contributed by atoms with van der Waals surface area (Å²) in [6.07, 6.45) is 6.40. The number of carboxylic acid groups (broad SMARTS) is 1. The number of aromatic nitrogens is 2. The van der Waals surface area contributed by atoms with Crippen LogP contribution in [0.5, 0.6) is 5.75 Å². The Morgan fingerprint density at radius 1 is 1.38 bits per heavy atom. The molecule has 0 radical (unpaired) electrons. The zero-order chi connectivity index (χ0) is 17.5. The molecule has 1 aromatic heterocycles. The van der Waals surface area contributed by atoms with Gasteiger partial charge in [0.1, 0.15) is 5.75 Å². The number of carbonyl (C=O) groups excluding carboxylic acids is 1. The van der Waals surface area contributed by atoms with Gasteiger partial charge in [-0.1, -0.05) is 18.2 Å². The van der Waals surface area contributed by atoms with Gasteiger partial charge in [-0.25, -0.2) is 0 Å². The fourth-order valence-electron chi connectivity index (χ4n) is 1.98. The fourth-order valence-corrected chi connectivity index (χ4v) is 1.98. The van der Waals surface area contributed by atoms with Gasteiger partial charge in [-0.3, -0.25) is 14.3 Å². The predicted octanol–water partition coefficient (Wildman–Crippen LogP) is 3.21. The molecule has 0 saturated heterocycles. The molecule has 1 aromatic carbocycles. The summed E-state index contributed by atoms with van der Waals surface area (Å²) in [7, 11) is 0. The Hall–Kier alpha value is -2.89. The third kappa shape index (κ3) is 5.08. The van der Waals surface area contributed by atoms with E-state index in [2.05, 4.69) is 5.10 Å². The van der Waals surface area contributed by atoms with E-state index in [0.717, 1.165) is 5.56 Å². The quantitative estimate of drug-likeness (QED) is 0.594. The van der Waals surface area contributed by atoms with Gasteiger partial charge in [-0.2, -0.15) is 5.10 Å². The summed E-state index contributed by atoms with van der Waals surface area (Å²) in [6, 6.07) is 7.33. The van der Waals surface area contributed by atoms with Gasteiger partial charge in [0.05, 0.1) is 24.8 Å². The monoisotopic (exact) mass is 328 g/mol. The first-order chi connectivity index (χ1) is 11.5. The lowest BCUT2D eigenvalue weighted by Gasteiger charge is -2.05. The molecule has 0 fully saturated rings. The number of carboxylic acids is 1. The Morgan fingerprint density at radius 3 is 2.83 bits per heavy atom. The lowest BCUT2D eigenvalue weighted by molar-refractivity contribution is -0.137. The van der Waals surface area contributed by atoms with Crippen molar-refractivity contribution < 1.29 is 19.4 Å². The number of ether oxygens (including phenoxy) is 1. The highest BCUT2D eigenvalue weighted by Gasteiger charge is 2.07. The first-order valence-corrected chi connectivity index (χ1v) is 7.67. The summed E-state index contributed by atoms with van der Waals surface area (Å²) in [5.41, 5.74) is 1.33. The molecule has 126 valence electrons. The number of hydrogen-bond acceptors (Lipinski definition) is 4. The minimum Gasteiger partial charge on any atom is -0.493 e. The Kier molecular flexibility index (Phi) is 5.89. The molecular formula is C18H20N2O4. The summed E-state index contributed by atoms with van der Waals surface area (Å²) in [5.74, 6) is -0.462. The maximum atomic E-state index is 12.1. The summed E-state index contributed by atoms with van der Waals surface area (Å²) in [5, 5.41) is 12.7. The normalized spacial score (nSPS) is 11.1. The molecule has 0 saturated carbocycles. The van der Waals surface area contributed by atoms with Crippen LogP contribution >= 0.6 is 0 Å². The van der Waals surface area contributed by atoms with Gasteiger partial charge < -0.3 is 9.84 Å². The van der Waals surface area contributed by atoms with Gasteiger partial charge in [0.15, 0.2) is 5.78 Å². The number of ketones is 1. The molecular weight excluding hydrogens is 308 g/mol. The first kappa shape index (κ1) is 17.5. The fraction of sp³-hybridized carbons (Fsp3) is 0.278. The van der Waals surface area contributed by atoms with Crippen LogP contribution in [0.15, 0.2) is 42.7 Å². The average Bonchev–Trinajstić information content (AvgIpc) is 3.03. The lowest BCUT2D eigenvalue weighted by Crippen LogP contribution is -2.04. The lowest BCUT2D eigenvalue weighted by atomic mass is 10.1. The molecule has 0 amide bonds. The van der Waals surface area contributed by atoms with E-state index in [1.165, 1.54) is 6.08 Å². The van der Waals surface area contributed by atoms with Crippen LogP contribution in [0.25, 0.3) is 6.08 Å². The first-order valence-electron chi connectivity index (χ1n) is 7.67. The van der Waals surface area contributed by atoms with E-state index < -0.39 is 5.97 Å². The highest BCUT2D eigenvalue weighted by Crippen LogP contribution is 2.15. The second kappa shape index (κ2) is 8.10. The zero-order valence-electron chi connectivity index (χ0n) is 13.7. The van der Waals surface area contributed by atoms with Crippen LogP contribution in [0.1, 0.15) is 42.2 Å². The Balaban J connectivity index is 2.00. The summed E-state index contributed by atoms with van der Waals surface area (Å²) < 4.78 is 7.10. The van der Waals surface area contributed by atoms with Gasteiger partial charge in [0.2, 0.25) is 0 Å². The van der Waals surface area contributed by atoms with Crippen molar-refractivity contribution in [3.05, 3.63) is 53.9 Å². The number of nitrogens with zero attached hydrogens (tertiary/aromatic N) is 2. The van der Waals surface area contributed by atoms with Crippen molar-refractivity contribution in [2.75, 3.05) is 6.61 Å². The number of rotatable bonds is 8. The van der Waals surface area contributed by atoms with Crippen molar-refractivity contribution in [2.45, 2.75) is 26.3 Å². The number of hydrogen-bond donors (Lipinski definition) is 1. The molecule has 0 bridgehead atoms. The number of allylic oxidation sites excluding steroid dienone is 1. The van der Waals surface area contributed by atoms with Crippen LogP contribution < -0.4 is 4.74 Å². The standard InChI is InChI=1S/C18H20N2O4/c1-13(2)20-12-15(11-19-20)17(21)7-6-14-4-3-5-16(10-14)24-9-8-18(22)23/h3-7,10-13H,8-9H2,1-2H3,(H,22,23)/b7-6+. The molecule has 0 spiro atoms. The van der Waals surface area contributed by atoms with Gasteiger partial charge in [-0.15, -0.1) is 0 Å². The third-order valence-corrected chi connectivity index (χ3v) is 3.29. The van der Waals surface area contributed by atoms with Crippen LogP contribution in [0.3, 0.4) is 0 Å². The molecule has 0 aliphatic carbocycles. The average molecular weight is 328 g/mol. The molecule has 0 aliphatic rings. The molecule has 6 heteroatoms. The van der Waals surface area contributed by atoms with E-state index >= 15 is 0 Å². The molecule has 24 heavy (non-hydrogen) atoms. The van der Waals surface area contributed by atoms with E-state index in [-0.39, 0.29) is 24.9 Å². The second-order valence-electron chi connectivity index (χ2n) is 5.57. The maximum Gasteiger partial charge on any atom is 0.306 e. The molecule has 6 nitrogen and oxygen atoms in total. The highest BCUT2D eigenvalue weighted by atomic mass is 16.5. The van der Waals surface area contributed by atoms with Gasteiger partial charge in [0.25, 0.3) is 0 Å². The molecule has 1 N–H and O–H groups in total. The second-order valence-corrected chi connectivity index (χ2v) is 5.57. The minimum absolute atomic E-state index is 0.0571. The van der Waals surface area contributed by atoms with E-state index in [9.17, 15) is 9.59 Å². The molecule has 2 rings (SSSR count). The van der Waals surface area contributed by atoms with Crippen molar-refractivity contribution >= 4 is 17.8 Å². The molecule has 0 unspecified atom stereocenters.